The molecule has 5 aromatic rings. The van der Waals surface area contributed by atoms with E-state index in [0.29, 0.717) is 56.1 Å². The number of hydrogen-bond acceptors (Lipinski definition) is 6. The van der Waals surface area contributed by atoms with Crippen LogP contribution in [-0.4, -0.2) is 16.3 Å². The van der Waals surface area contributed by atoms with Gasteiger partial charge in [-0.3, -0.25) is 4.99 Å². The first-order chi connectivity index (χ1) is 17.0. The molecule has 0 radical (unpaired) electrons. The molecule has 0 aliphatic rings. The van der Waals surface area contributed by atoms with E-state index in [4.69, 9.17) is 27.6 Å². The van der Waals surface area contributed by atoms with Crippen LogP contribution >= 0.6 is 23.2 Å². The Morgan fingerprint density at radius 2 is 1.57 bits per heavy atom. The van der Waals surface area contributed by atoms with Gasteiger partial charge in [-0.15, -0.1) is 0 Å². The first-order valence-electron chi connectivity index (χ1n) is 10.7. The maximum Gasteiger partial charge on any atom is 0.199 e. The molecule has 0 spiro atoms. The number of oxazole rings is 1. The van der Waals surface area contributed by atoms with Crippen LogP contribution in [0.15, 0.2) is 105 Å². The summed E-state index contributed by atoms with van der Waals surface area (Å²) in [7, 11) is 0. The van der Waals surface area contributed by atoms with E-state index < -0.39 is 0 Å². The van der Waals surface area contributed by atoms with Crippen LogP contribution in [0.4, 0.5) is 17.1 Å². The molecule has 5 rings (SSSR count). The Morgan fingerprint density at radius 1 is 0.800 bits per heavy atom. The zero-order valence-electron chi connectivity index (χ0n) is 18.3. The highest BCUT2D eigenvalue weighted by atomic mass is 35.5. The third-order valence-corrected chi connectivity index (χ3v) is 5.62. The number of phenolic OH excluding ortho intramolecular Hbond substituents is 1. The monoisotopic (exact) mass is 500 g/mol. The van der Waals surface area contributed by atoms with Crippen LogP contribution < -0.4 is 0 Å². The van der Waals surface area contributed by atoms with Crippen LogP contribution in [0.2, 0.25) is 10.0 Å². The number of nitrogens with zero attached hydrogens (tertiary/aromatic N) is 4. The molecule has 0 saturated carbocycles. The van der Waals surface area contributed by atoms with Crippen molar-refractivity contribution in [1.29, 1.82) is 0 Å². The molecule has 0 atom stereocenters. The molecule has 0 aliphatic carbocycles. The Kier molecular flexibility index (Phi) is 6.57. The molecule has 0 aliphatic heterocycles. The molecule has 6 nitrogen and oxygen atoms in total. The fourth-order valence-corrected chi connectivity index (χ4v) is 3.71. The highest BCUT2D eigenvalue weighted by molar-refractivity contribution is 6.31. The minimum Gasteiger partial charge on any atom is -0.507 e. The van der Waals surface area contributed by atoms with Crippen LogP contribution in [0.25, 0.3) is 11.1 Å². The molecule has 35 heavy (non-hydrogen) atoms. The number of azo groups is 1. The van der Waals surface area contributed by atoms with Crippen LogP contribution in [0.1, 0.15) is 17.0 Å². The number of halogens is 2. The predicted octanol–water partition coefficient (Wildman–Crippen LogP) is 8.60. The Labute approximate surface area is 211 Å². The summed E-state index contributed by atoms with van der Waals surface area (Å²) in [6.07, 6.45) is 2.14. The summed E-state index contributed by atoms with van der Waals surface area (Å²) in [6.45, 7) is 0. The number of phenols is 1. The molecule has 0 fully saturated rings. The number of aromatic hydroxyl groups is 1. The fraction of sp³-hybridized carbons (Fsp3) is 0.0370. The van der Waals surface area contributed by atoms with E-state index in [1.807, 2.05) is 42.5 Å². The van der Waals surface area contributed by atoms with Crippen molar-refractivity contribution in [2.45, 2.75) is 6.42 Å². The van der Waals surface area contributed by atoms with Gasteiger partial charge in [-0.25, -0.2) is 4.98 Å². The van der Waals surface area contributed by atoms with E-state index in [2.05, 4.69) is 20.2 Å². The molecule has 0 unspecified atom stereocenters. The SMILES string of the molecule is Oc1ccc(N=Nc2cccc(Cl)c2)cc1C=Nc1ccc2oc(Cc3ccc(Cl)cc3)nc2c1. The number of aliphatic imine (C=N–C) groups is 1. The van der Waals surface area contributed by atoms with Crippen molar-refractivity contribution in [3.63, 3.8) is 0 Å². The van der Waals surface area contributed by atoms with Crippen molar-refractivity contribution in [1.82, 2.24) is 4.98 Å². The molecule has 4 aromatic carbocycles. The van der Waals surface area contributed by atoms with Gasteiger partial charge in [0.1, 0.15) is 11.3 Å². The van der Waals surface area contributed by atoms with E-state index in [0.717, 1.165) is 5.56 Å². The minimum atomic E-state index is 0.0863. The average Bonchev–Trinajstić information content (AvgIpc) is 3.26. The van der Waals surface area contributed by atoms with Gasteiger partial charge >= 0.3 is 0 Å². The second kappa shape index (κ2) is 10.1. The highest BCUT2D eigenvalue weighted by Crippen LogP contribution is 2.27. The summed E-state index contributed by atoms with van der Waals surface area (Å²) >= 11 is 11.9. The summed E-state index contributed by atoms with van der Waals surface area (Å²) in [4.78, 5) is 9.07. The van der Waals surface area contributed by atoms with Gasteiger partial charge in [-0.1, -0.05) is 41.4 Å². The van der Waals surface area contributed by atoms with Gasteiger partial charge in [0, 0.05) is 28.2 Å². The summed E-state index contributed by atoms with van der Waals surface area (Å²) < 4.78 is 5.86. The summed E-state index contributed by atoms with van der Waals surface area (Å²) in [6, 6.07) is 25.1. The average molecular weight is 501 g/mol. The minimum absolute atomic E-state index is 0.0863. The Hall–Kier alpha value is -4.00. The molecular formula is C27H18Cl2N4O2. The third kappa shape index (κ3) is 5.74. The van der Waals surface area contributed by atoms with Crippen molar-refractivity contribution < 1.29 is 9.52 Å². The normalized spacial score (nSPS) is 11.7. The van der Waals surface area contributed by atoms with E-state index >= 15 is 0 Å². The van der Waals surface area contributed by atoms with Crippen molar-refractivity contribution in [3.8, 4) is 5.75 Å². The summed E-state index contributed by atoms with van der Waals surface area (Å²) in [5, 5.41) is 19.9. The van der Waals surface area contributed by atoms with E-state index in [-0.39, 0.29) is 5.75 Å². The van der Waals surface area contributed by atoms with Gasteiger partial charge in [0.25, 0.3) is 0 Å². The second-order valence-electron chi connectivity index (χ2n) is 7.74. The molecule has 0 saturated heterocycles. The zero-order valence-corrected chi connectivity index (χ0v) is 19.8. The van der Waals surface area contributed by atoms with Gasteiger partial charge in [-0.2, -0.15) is 10.2 Å². The smallest absolute Gasteiger partial charge is 0.199 e. The molecule has 1 aromatic heterocycles. The maximum absolute atomic E-state index is 10.3. The number of fused-ring (bicyclic) bond motifs is 1. The van der Waals surface area contributed by atoms with Gasteiger partial charge in [-0.05, 0) is 72.3 Å². The molecule has 172 valence electrons. The fourth-order valence-electron chi connectivity index (χ4n) is 3.40. The number of aromatic nitrogens is 1. The lowest BCUT2D eigenvalue weighted by Gasteiger charge is -2.00. The lowest BCUT2D eigenvalue weighted by molar-refractivity contribution is 0.474. The highest BCUT2D eigenvalue weighted by Gasteiger charge is 2.08. The van der Waals surface area contributed by atoms with E-state index in [9.17, 15) is 5.11 Å². The molecule has 1 heterocycles. The largest absolute Gasteiger partial charge is 0.507 e. The summed E-state index contributed by atoms with van der Waals surface area (Å²) in [5.41, 5.74) is 4.84. The maximum atomic E-state index is 10.3. The topological polar surface area (TPSA) is 83.3 Å². The van der Waals surface area contributed by atoms with Crippen molar-refractivity contribution in [3.05, 3.63) is 112 Å². The van der Waals surface area contributed by atoms with Gasteiger partial charge in [0.2, 0.25) is 0 Å². The van der Waals surface area contributed by atoms with Crippen molar-refractivity contribution in [2.24, 2.45) is 15.2 Å². The van der Waals surface area contributed by atoms with Gasteiger partial charge in [0.15, 0.2) is 11.5 Å². The Morgan fingerprint density at radius 3 is 2.37 bits per heavy atom. The Bertz CT molecular complexity index is 1560. The first kappa shape index (κ1) is 22.8. The number of hydrogen-bond donors (Lipinski definition) is 1. The molecule has 1 N–H and O–H groups in total. The van der Waals surface area contributed by atoms with E-state index in [1.165, 1.54) is 0 Å². The molecular weight excluding hydrogens is 483 g/mol. The lowest BCUT2D eigenvalue weighted by atomic mass is 10.1. The first-order valence-corrected chi connectivity index (χ1v) is 11.5. The Balaban J connectivity index is 1.34. The standard InChI is InChI=1S/C27H18Cl2N4O2/c28-19-6-4-17(5-7-19)12-27-31-24-15-21(9-11-26(24)35-27)30-16-18-13-23(8-10-25(18)34)33-32-22-3-1-2-20(29)14-22/h1-11,13-16,34H,12H2. The van der Waals surface area contributed by atoms with Crippen LogP contribution in [0, 0.1) is 0 Å². The third-order valence-electron chi connectivity index (χ3n) is 5.14. The van der Waals surface area contributed by atoms with Crippen LogP contribution in [0.3, 0.4) is 0 Å². The number of benzene rings is 4. The second-order valence-corrected chi connectivity index (χ2v) is 8.62. The van der Waals surface area contributed by atoms with Gasteiger partial charge < -0.3 is 9.52 Å². The summed E-state index contributed by atoms with van der Waals surface area (Å²) in [5.74, 6) is 0.696. The zero-order chi connectivity index (χ0) is 24.2. The van der Waals surface area contributed by atoms with E-state index in [1.54, 1.807) is 48.7 Å². The van der Waals surface area contributed by atoms with Crippen LogP contribution in [-0.2, 0) is 6.42 Å². The molecule has 0 amide bonds. The van der Waals surface area contributed by atoms with Crippen LogP contribution in [0.5, 0.6) is 5.75 Å². The van der Waals surface area contributed by atoms with Gasteiger partial charge in [0.05, 0.1) is 17.1 Å². The lowest BCUT2D eigenvalue weighted by Crippen LogP contribution is -1.87. The van der Waals surface area contributed by atoms with Crippen molar-refractivity contribution >= 4 is 57.6 Å². The number of rotatable bonds is 6. The molecule has 8 heteroatoms. The van der Waals surface area contributed by atoms with Crippen molar-refractivity contribution in [2.75, 3.05) is 0 Å². The molecule has 0 bridgehead atoms. The quantitative estimate of drug-likeness (QED) is 0.187. The predicted molar refractivity (Wildman–Crippen MR) is 139 cm³/mol.